The van der Waals surface area contributed by atoms with Crippen LogP contribution in [0.3, 0.4) is 0 Å². The van der Waals surface area contributed by atoms with Crippen molar-refractivity contribution >= 4 is 51.7 Å². The van der Waals surface area contributed by atoms with Gasteiger partial charge in [-0.1, -0.05) is 72.0 Å². The normalized spacial score (nSPS) is 15.0. The van der Waals surface area contributed by atoms with Crippen molar-refractivity contribution in [1.29, 1.82) is 0 Å². The molecule has 0 amide bonds. The Morgan fingerprint density at radius 3 is 2.33 bits per heavy atom. The number of halogens is 1. The second-order valence-corrected chi connectivity index (χ2v) is 12.2. The molecule has 0 N–H and O–H groups in total. The van der Waals surface area contributed by atoms with Gasteiger partial charge in [0.05, 0.1) is 28.5 Å². The van der Waals surface area contributed by atoms with Crippen LogP contribution < -0.4 is 14.9 Å². The predicted octanol–water partition coefficient (Wildman–Crippen LogP) is 5.95. The van der Waals surface area contributed by atoms with Crippen LogP contribution in [0.15, 0.2) is 106 Å². The quantitative estimate of drug-likeness (QED) is 0.164. The summed E-state index contributed by atoms with van der Waals surface area (Å²) in [7, 11) is 0. The second kappa shape index (κ2) is 11.7. The molecule has 3 aromatic carbocycles. The predicted molar refractivity (Wildman–Crippen MR) is 175 cm³/mol. The fourth-order valence-corrected chi connectivity index (χ4v) is 6.80. The first kappa shape index (κ1) is 28.1. The molecule has 0 aliphatic carbocycles. The Labute approximate surface area is 261 Å². The highest BCUT2D eigenvalue weighted by Gasteiger charge is 2.35. The van der Waals surface area contributed by atoms with E-state index in [0.29, 0.717) is 20.6 Å². The second-order valence-electron chi connectivity index (χ2n) is 9.98. The molecule has 2 aromatic heterocycles. The molecule has 1 atom stereocenters. The van der Waals surface area contributed by atoms with Crippen molar-refractivity contribution in [1.82, 2.24) is 9.13 Å². The molecule has 5 aromatic rings. The summed E-state index contributed by atoms with van der Waals surface area (Å²) in [5.74, 6) is -0.482. The highest BCUT2D eigenvalue weighted by Crippen LogP contribution is 2.35. The van der Waals surface area contributed by atoms with E-state index in [4.69, 9.17) is 9.73 Å². The minimum absolute atomic E-state index is 0.194. The number of aromatic nitrogens is 2. The number of thiazole rings is 1. The molecule has 6 nitrogen and oxygen atoms in total. The van der Waals surface area contributed by atoms with E-state index < -0.39 is 12.0 Å². The maximum atomic E-state index is 14.2. The number of hydrogen-bond acceptors (Lipinski definition) is 5. The molecule has 3 heterocycles. The van der Waals surface area contributed by atoms with Gasteiger partial charge in [-0.3, -0.25) is 9.36 Å². The Balaban J connectivity index is 1.59. The molecule has 8 heteroatoms. The summed E-state index contributed by atoms with van der Waals surface area (Å²) in [6, 6.07) is 29.0. The van der Waals surface area contributed by atoms with Gasteiger partial charge >= 0.3 is 5.97 Å². The van der Waals surface area contributed by atoms with Crippen LogP contribution in [0.4, 0.5) is 0 Å². The Hall–Kier alpha value is -4.02. The first-order valence-corrected chi connectivity index (χ1v) is 15.5. The van der Waals surface area contributed by atoms with Gasteiger partial charge in [0.1, 0.15) is 0 Å². The van der Waals surface area contributed by atoms with E-state index in [1.165, 1.54) is 14.9 Å². The molecule has 6 rings (SSSR count). The van der Waals surface area contributed by atoms with Crippen molar-refractivity contribution in [3.05, 3.63) is 148 Å². The van der Waals surface area contributed by atoms with Crippen LogP contribution in [-0.2, 0) is 9.53 Å². The highest BCUT2D eigenvalue weighted by atomic mass is 127. The molecule has 0 fully saturated rings. The first-order valence-electron chi connectivity index (χ1n) is 13.7. The molecule has 1 aliphatic heterocycles. The lowest BCUT2D eigenvalue weighted by Crippen LogP contribution is -2.40. The maximum absolute atomic E-state index is 14.2. The third kappa shape index (κ3) is 5.09. The van der Waals surface area contributed by atoms with Crippen molar-refractivity contribution in [3.8, 4) is 5.69 Å². The lowest BCUT2D eigenvalue weighted by atomic mass is 9.93. The molecule has 0 saturated carbocycles. The summed E-state index contributed by atoms with van der Waals surface area (Å²) in [4.78, 5) is 33.2. The first-order chi connectivity index (χ1) is 20.4. The number of esters is 1. The molecule has 42 heavy (non-hydrogen) atoms. The molecule has 1 aliphatic rings. The number of hydrogen-bond donors (Lipinski definition) is 0. The van der Waals surface area contributed by atoms with Crippen molar-refractivity contribution < 1.29 is 9.53 Å². The SMILES string of the molecule is CCOC(=O)C1=C(c2ccccc2)N=c2s/c(=C\c3cc(C)n(-c4ccc(I)cc4)c3C)c(=O)n2[C@H]1c1ccccc1. The van der Waals surface area contributed by atoms with Crippen molar-refractivity contribution in [2.24, 2.45) is 4.99 Å². The van der Waals surface area contributed by atoms with Gasteiger partial charge in [0.25, 0.3) is 5.56 Å². The van der Waals surface area contributed by atoms with Crippen molar-refractivity contribution in [2.75, 3.05) is 6.61 Å². The number of ether oxygens (including phenoxy) is 1. The monoisotopic (exact) mass is 685 g/mol. The average Bonchev–Trinajstić information content (AvgIpc) is 3.47. The number of carbonyl (C=O) groups is 1. The standard InChI is InChI=1S/C34H28IN3O3S/c1-4-41-33(40)29-30(23-11-7-5-8-12-23)36-34-38(31(29)24-13-9-6-10-14-24)32(39)28(42-34)20-25-19-21(2)37(22(25)3)27-17-15-26(35)16-18-27/h5-20,31H,4H2,1-3H3/b28-20-/t31-/m0/s1. The number of benzene rings is 3. The summed E-state index contributed by atoms with van der Waals surface area (Å²) in [5.41, 5.74) is 6.43. The Morgan fingerprint density at radius 2 is 1.67 bits per heavy atom. The molecule has 0 spiro atoms. The molecule has 0 saturated heterocycles. The topological polar surface area (TPSA) is 65.6 Å². The zero-order valence-corrected chi connectivity index (χ0v) is 26.3. The summed E-state index contributed by atoms with van der Waals surface area (Å²) in [5, 5.41) is 0. The third-order valence-electron chi connectivity index (χ3n) is 7.33. The van der Waals surface area contributed by atoms with E-state index in [2.05, 4.69) is 71.3 Å². The smallest absolute Gasteiger partial charge is 0.338 e. The van der Waals surface area contributed by atoms with Gasteiger partial charge in [0.2, 0.25) is 0 Å². The molecule has 210 valence electrons. The number of aryl methyl sites for hydroxylation is 1. The van der Waals surface area contributed by atoms with Gasteiger partial charge in [0, 0.05) is 26.2 Å². The highest BCUT2D eigenvalue weighted by molar-refractivity contribution is 14.1. The summed E-state index contributed by atoms with van der Waals surface area (Å²) >= 11 is 3.64. The largest absolute Gasteiger partial charge is 0.463 e. The van der Waals surface area contributed by atoms with Crippen LogP contribution in [0.1, 0.15) is 41.0 Å². The average molecular weight is 686 g/mol. The van der Waals surface area contributed by atoms with Crippen LogP contribution in [0.5, 0.6) is 0 Å². The van der Waals surface area contributed by atoms with E-state index >= 15 is 0 Å². The van der Waals surface area contributed by atoms with E-state index in [-0.39, 0.29) is 12.2 Å². The van der Waals surface area contributed by atoms with E-state index in [9.17, 15) is 9.59 Å². The number of fused-ring (bicyclic) bond motifs is 1. The minimum atomic E-state index is -0.682. The zero-order valence-electron chi connectivity index (χ0n) is 23.4. The van der Waals surface area contributed by atoms with Crippen LogP contribution in [-0.4, -0.2) is 21.7 Å². The van der Waals surface area contributed by atoms with Gasteiger partial charge in [-0.05, 0) is 90.9 Å². The Morgan fingerprint density at radius 1 is 1.00 bits per heavy atom. The van der Waals surface area contributed by atoms with E-state index in [1.807, 2.05) is 66.7 Å². The van der Waals surface area contributed by atoms with E-state index in [1.54, 1.807) is 11.5 Å². The fraction of sp³-hybridized carbons (Fsp3) is 0.147. The Kier molecular flexibility index (Phi) is 7.83. The van der Waals surface area contributed by atoms with Gasteiger partial charge in [0.15, 0.2) is 4.80 Å². The maximum Gasteiger partial charge on any atom is 0.338 e. The summed E-state index contributed by atoms with van der Waals surface area (Å²) in [6.45, 7) is 6.12. The van der Waals surface area contributed by atoms with Gasteiger partial charge < -0.3 is 9.30 Å². The summed E-state index contributed by atoms with van der Waals surface area (Å²) < 4.78 is 11.1. The lowest BCUT2D eigenvalue weighted by molar-refractivity contribution is -0.138. The number of rotatable bonds is 6. The third-order valence-corrected chi connectivity index (χ3v) is 9.03. The Bertz CT molecular complexity index is 2000. The molecule has 0 bridgehead atoms. The summed E-state index contributed by atoms with van der Waals surface area (Å²) in [6.07, 6.45) is 1.94. The van der Waals surface area contributed by atoms with Gasteiger partial charge in [-0.15, -0.1) is 0 Å². The van der Waals surface area contributed by atoms with E-state index in [0.717, 1.165) is 33.8 Å². The van der Waals surface area contributed by atoms with Gasteiger partial charge in [-0.2, -0.15) is 0 Å². The van der Waals surface area contributed by atoms with Crippen LogP contribution >= 0.6 is 33.9 Å². The zero-order chi connectivity index (χ0) is 29.4. The van der Waals surface area contributed by atoms with Gasteiger partial charge in [-0.25, -0.2) is 9.79 Å². The van der Waals surface area contributed by atoms with Crippen LogP contribution in [0, 0.1) is 17.4 Å². The lowest BCUT2D eigenvalue weighted by Gasteiger charge is -2.25. The fourth-order valence-electron chi connectivity index (χ4n) is 5.45. The van der Waals surface area contributed by atoms with Crippen LogP contribution in [0.2, 0.25) is 0 Å². The molecule has 0 radical (unpaired) electrons. The van der Waals surface area contributed by atoms with Crippen LogP contribution in [0.25, 0.3) is 17.5 Å². The molecular formula is C34H28IN3O3S. The molecule has 0 unspecified atom stereocenters. The van der Waals surface area contributed by atoms with Crippen molar-refractivity contribution in [2.45, 2.75) is 26.8 Å². The number of nitrogens with zero attached hydrogens (tertiary/aromatic N) is 3. The minimum Gasteiger partial charge on any atom is -0.463 e. The molecular weight excluding hydrogens is 657 g/mol. The number of carbonyl (C=O) groups excluding carboxylic acids is 1. The van der Waals surface area contributed by atoms with Crippen molar-refractivity contribution in [3.63, 3.8) is 0 Å².